The highest BCUT2D eigenvalue weighted by molar-refractivity contribution is 7.99. The zero-order valence-corrected chi connectivity index (χ0v) is 16.7. The van der Waals surface area contributed by atoms with Crippen LogP contribution in [0.4, 0.5) is 5.69 Å². The lowest BCUT2D eigenvalue weighted by Gasteiger charge is -2.21. The van der Waals surface area contributed by atoms with Crippen molar-refractivity contribution in [3.05, 3.63) is 29.3 Å². The number of carbonyl (C=O) groups excluding carboxylic acids is 1. The van der Waals surface area contributed by atoms with Gasteiger partial charge in [0.25, 0.3) is 0 Å². The summed E-state index contributed by atoms with van der Waals surface area (Å²) in [4.78, 5) is 12.0. The zero-order chi connectivity index (χ0) is 18.1. The maximum absolute atomic E-state index is 12.0. The fourth-order valence-corrected chi connectivity index (χ4v) is 4.42. The predicted molar refractivity (Wildman–Crippen MR) is 111 cm³/mol. The van der Waals surface area contributed by atoms with Gasteiger partial charge >= 0.3 is 5.97 Å². The molecule has 4 nitrogen and oxygen atoms in total. The van der Waals surface area contributed by atoms with Crippen molar-refractivity contribution in [2.45, 2.75) is 51.2 Å². The third kappa shape index (κ3) is 6.51. The average molecular weight is 381 g/mol. The van der Waals surface area contributed by atoms with Gasteiger partial charge in [-0.05, 0) is 56.6 Å². The lowest BCUT2D eigenvalue weighted by Crippen LogP contribution is -2.31. The number of thioether (sulfide) groups is 1. The van der Waals surface area contributed by atoms with Crippen LogP contribution in [0.3, 0.4) is 0 Å². The van der Waals surface area contributed by atoms with Crippen molar-refractivity contribution in [2.75, 3.05) is 24.2 Å². The van der Waals surface area contributed by atoms with Crippen molar-refractivity contribution in [1.29, 1.82) is 0 Å². The fourth-order valence-electron chi connectivity index (χ4n) is 2.99. The zero-order valence-electron chi connectivity index (χ0n) is 15.1. The van der Waals surface area contributed by atoms with Crippen LogP contribution in [0.1, 0.15) is 54.9 Å². The van der Waals surface area contributed by atoms with Gasteiger partial charge in [-0.25, -0.2) is 4.79 Å². The predicted octanol–water partition coefficient (Wildman–Crippen LogP) is 4.52. The van der Waals surface area contributed by atoms with E-state index in [1.54, 1.807) is 13.0 Å². The molecule has 1 fully saturated rings. The largest absolute Gasteiger partial charge is 0.462 e. The summed E-state index contributed by atoms with van der Waals surface area (Å²) < 4.78 is 5.09. The van der Waals surface area contributed by atoms with Crippen molar-refractivity contribution < 1.29 is 9.53 Å². The Kier molecular flexibility index (Phi) is 8.55. The molecule has 1 aliphatic carbocycles. The van der Waals surface area contributed by atoms with E-state index in [4.69, 9.17) is 17.0 Å². The number of nitrogens with one attached hydrogen (secondary N) is 2. The van der Waals surface area contributed by atoms with E-state index < -0.39 is 0 Å². The first-order chi connectivity index (χ1) is 12.1. The minimum Gasteiger partial charge on any atom is -0.462 e. The summed E-state index contributed by atoms with van der Waals surface area (Å²) in [6.07, 6.45) is 6.86. The lowest BCUT2D eigenvalue weighted by molar-refractivity contribution is 0.0525. The number of carbonyl (C=O) groups is 1. The first kappa shape index (κ1) is 20.0. The van der Waals surface area contributed by atoms with Crippen molar-refractivity contribution in [3.8, 4) is 0 Å². The van der Waals surface area contributed by atoms with Crippen LogP contribution in [-0.2, 0) is 4.74 Å². The summed E-state index contributed by atoms with van der Waals surface area (Å²) in [6.45, 7) is 4.92. The molecule has 1 aromatic carbocycles. The standard InChI is InChI=1S/C19H28N2O2S2/c1-3-23-18(22)16-10-7-11-17(14(16)2)21-19(24)20-12-13-25-15-8-5-4-6-9-15/h7,10-11,15H,3-6,8-9,12-13H2,1-2H3,(H2,20,21,24). The number of ether oxygens (including phenoxy) is 1. The van der Waals surface area contributed by atoms with Gasteiger partial charge < -0.3 is 15.4 Å². The van der Waals surface area contributed by atoms with E-state index in [2.05, 4.69) is 10.6 Å². The van der Waals surface area contributed by atoms with Crippen LogP contribution in [0.2, 0.25) is 0 Å². The second-order valence-corrected chi connectivity index (χ2v) is 8.03. The van der Waals surface area contributed by atoms with Gasteiger partial charge in [-0.2, -0.15) is 11.8 Å². The second-order valence-electron chi connectivity index (χ2n) is 6.21. The normalized spacial score (nSPS) is 14.8. The maximum Gasteiger partial charge on any atom is 0.338 e. The van der Waals surface area contributed by atoms with Crippen LogP contribution in [0.15, 0.2) is 18.2 Å². The van der Waals surface area contributed by atoms with Crippen LogP contribution >= 0.6 is 24.0 Å². The molecular weight excluding hydrogens is 352 g/mol. The smallest absolute Gasteiger partial charge is 0.338 e. The molecule has 0 amide bonds. The van der Waals surface area contributed by atoms with Crippen molar-refractivity contribution in [1.82, 2.24) is 5.32 Å². The molecule has 1 aliphatic rings. The van der Waals surface area contributed by atoms with Gasteiger partial charge in [0.2, 0.25) is 0 Å². The highest BCUT2D eigenvalue weighted by atomic mass is 32.2. The molecule has 0 unspecified atom stereocenters. The molecule has 1 aromatic rings. The summed E-state index contributed by atoms with van der Waals surface area (Å²) in [5.74, 6) is 0.764. The molecule has 0 radical (unpaired) electrons. The average Bonchev–Trinajstić information content (AvgIpc) is 2.61. The number of hydrogen-bond acceptors (Lipinski definition) is 4. The van der Waals surface area contributed by atoms with Crippen LogP contribution < -0.4 is 10.6 Å². The first-order valence-electron chi connectivity index (χ1n) is 9.05. The van der Waals surface area contributed by atoms with Crippen LogP contribution in [0.25, 0.3) is 0 Å². The van der Waals surface area contributed by atoms with Crippen LogP contribution in [-0.4, -0.2) is 35.2 Å². The summed E-state index contributed by atoms with van der Waals surface area (Å²) in [5, 5.41) is 7.86. The summed E-state index contributed by atoms with van der Waals surface area (Å²) in [7, 11) is 0. The Morgan fingerprint density at radius 2 is 2.08 bits per heavy atom. The Bertz CT molecular complexity index is 587. The number of hydrogen-bond donors (Lipinski definition) is 2. The summed E-state index contributed by atoms with van der Waals surface area (Å²) in [5.41, 5.74) is 2.26. The van der Waals surface area contributed by atoms with Gasteiger partial charge in [-0.1, -0.05) is 25.3 Å². The Hall–Kier alpha value is -1.27. The Balaban J connectivity index is 1.78. The number of thiocarbonyl (C=S) groups is 1. The molecule has 0 bridgehead atoms. The van der Waals surface area contributed by atoms with E-state index in [0.717, 1.165) is 28.8 Å². The number of anilines is 1. The van der Waals surface area contributed by atoms with Crippen LogP contribution in [0, 0.1) is 6.92 Å². The van der Waals surface area contributed by atoms with E-state index in [1.165, 1.54) is 32.1 Å². The molecule has 0 saturated heterocycles. The lowest BCUT2D eigenvalue weighted by atomic mass is 10.0. The SMILES string of the molecule is CCOC(=O)c1cccc(NC(=S)NCCSC2CCCCC2)c1C. The van der Waals surface area contributed by atoms with Crippen molar-refractivity contribution >= 4 is 40.7 Å². The molecule has 2 N–H and O–H groups in total. The van der Waals surface area contributed by atoms with Gasteiger partial charge in [-0.3, -0.25) is 0 Å². The van der Waals surface area contributed by atoms with Gasteiger partial charge in [0.15, 0.2) is 5.11 Å². The third-order valence-electron chi connectivity index (χ3n) is 4.37. The topological polar surface area (TPSA) is 50.4 Å². The van der Waals surface area contributed by atoms with Gasteiger partial charge in [0.1, 0.15) is 0 Å². The molecule has 1 saturated carbocycles. The highest BCUT2D eigenvalue weighted by Crippen LogP contribution is 2.27. The van der Waals surface area contributed by atoms with Crippen LogP contribution in [0.5, 0.6) is 0 Å². The third-order valence-corrected chi connectivity index (χ3v) is 6.00. The van der Waals surface area contributed by atoms with Gasteiger partial charge in [0, 0.05) is 23.2 Å². The molecular formula is C19H28N2O2S2. The second kappa shape index (κ2) is 10.7. The van der Waals surface area contributed by atoms with Gasteiger partial charge in [-0.15, -0.1) is 0 Å². The minimum absolute atomic E-state index is 0.300. The Morgan fingerprint density at radius 1 is 1.32 bits per heavy atom. The Labute approximate surface area is 160 Å². The maximum atomic E-state index is 12.0. The number of benzene rings is 1. The van der Waals surface area contributed by atoms with Gasteiger partial charge in [0.05, 0.1) is 12.2 Å². The molecule has 0 heterocycles. The fraction of sp³-hybridized carbons (Fsp3) is 0.579. The molecule has 6 heteroatoms. The summed E-state index contributed by atoms with van der Waals surface area (Å²) in [6, 6.07) is 5.53. The van der Waals surface area contributed by atoms with E-state index in [1.807, 2.05) is 30.8 Å². The monoisotopic (exact) mass is 380 g/mol. The first-order valence-corrected chi connectivity index (χ1v) is 10.5. The highest BCUT2D eigenvalue weighted by Gasteiger charge is 2.14. The molecule has 138 valence electrons. The summed E-state index contributed by atoms with van der Waals surface area (Å²) >= 11 is 7.43. The molecule has 2 rings (SSSR count). The van der Waals surface area contributed by atoms with E-state index in [9.17, 15) is 4.79 Å². The van der Waals surface area contributed by atoms with E-state index in [0.29, 0.717) is 17.3 Å². The molecule has 0 aliphatic heterocycles. The van der Waals surface area contributed by atoms with E-state index >= 15 is 0 Å². The molecule has 0 spiro atoms. The Morgan fingerprint density at radius 3 is 2.80 bits per heavy atom. The van der Waals surface area contributed by atoms with Crippen molar-refractivity contribution in [2.24, 2.45) is 0 Å². The number of rotatable bonds is 7. The van der Waals surface area contributed by atoms with Crippen molar-refractivity contribution in [3.63, 3.8) is 0 Å². The quantitative estimate of drug-likeness (QED) is 0.412. The molecule has 25 heavy (non-hydrogen) atoms. The number of esters is 1. The van der Waals surface area contributed by atoms with E-state index in [-0.39, 0.29) is 5.97 Å². The minimum atomic E-state index is -0.300. The molecule has 0 atom stereocenters. The molecule has 0 aromatic heterocycles.